The molecule has 0 aromatic rings. The average molecular weight is 390 g/mol. The number of Topliss-reactive ketones (excluding diaryl/α,β-unsaturated/α-hetero) is 1. The topological polar surface area (TPSA) is 97.5 Å². The van der Waals surface area contributed by atoms with Crippen LogP contribution in [0.3, 0.4) is 0 Å². The lowest BCUT2D eigenvalue weighted by Gasteiger charge is -2.18. The highest BCUT2D eigenvalue weighted by atomic mass is 32.2. The summed E-state index contributed by atoms with van der Waals surface area (Å²) in [6.07, 6.45) is 19.7. The van der Waals surface area contributed by atoms with Crippen LogP contribution in [0.25, 0.3) is 0 Å². The molecule has 154 valence electrons. The van der Waals surface area contributed by atoms with E-state index in [0.717, 1.165) is 39.0 Å². The summed E-state index contributed by atoms with van der Waals surface area (Å²) >= 11 is 0. The van der Waals surface area contributed by atoms with Crippen LogP contribution in [0.15, 0.2) is 12.2 Å². The number of ketones is 1. The molecule has 0 aliphatic carbocycles. The van der Waals surface area contributed by atoms with Crippen molar-refractivity contribution in [3.05, 3.63) is 12.2 Å². The Balaban J connectivity index is 3.52. The first-order valence-electron chi connectivity index (χ1n) is 10.2. The van der Waals surface area contributed by atoms with E-state index < -0.39 is 20.8 Å². The van der Waals surface area contributed by atoms with Crippen molar-refractivity contribution >= 4 is 15.9 Å². The minimum Gasteiger partial charge on any atom is -0.305 e. The molecule has 0 aromatic heterocycles. The van der Waals surface area contributed by atoms with Crippen LogP contribution in [0.5, 0.6) is 0 Å². The van der Waals surface area contributed by atoms with E-state index in [0.29, 0.717) is 6.42 Å². The standard InChI is InChI=1S/C20H39NO4S/c1-3-4-5-6-7-8-9-10-11-12-13-14-15-16-17-18-19(22)20(2,21)26(23,24)25/h10-11H,3-9,12-18,21H2,1-2H3,(H,23,24,25)/b11-10-. The van der Waals surface area contributed by atoms with Crippen molar-refractivity contribution in [2.45, 2.75) is 109 Å². The van der Waals surface area contributed by atoms with Crippen LogP contribution in [0.2, 0.25) is 0 Å². The SMILES string of the molecule is CCCCCCCC/C=C\CCCCCCCC(=O)C(C)(N)S(=O)(=O)O. The number of unbranched alkanes of at least 4 members (excludes halogenated alkanes) is 11. The molecule has 0 aliphatic heterocycles. The van der Waals surface area contributed by atoms with E-state index in [4.69, 9.17) is 10.3 Å². The fourth-order valence-electron chi connectivity index (χ4n) is 2.75. The second-order valence-electron chi connectivity index (χ2n) is 7.34. The fourth-order valence-corrected chi connectivity index (χ4v) is 3.14. The van der Waals surface area contributed by atoms with Gasteiger partial charge in [-0.1, -0.05) is 70.4 Å². The third kappa shape index (κ3) is 11.8. The predicted molar refractivity (Wildman–Crippen MR) is 109 cm³/mol. The maximum atomic E-state index is 11.8. The van der Waals surface area contributed by atoms with Crippen molar-refractivity contribution in [1.82, 2.24) is 0 Å². The minimum atomic E-state index is -4.55. The zero-order chi connectivity index (χ0) is 19.9. The van der Waals surface area contributed by atoms with Crippen molar-refractivity contribution in [3.8, 4) is 0 Å². The van der Waals surface area contributed by atoms with Crippen molar-refractivity contribution in [2.75, 3.05) is 0 Å². The van der Waals surface area contributed by atoms with Crippen LogP contribution in [-0.2, 0) is 14.9 Å². The Morgan fingerprint density at radius 1 is 0.885 bits per heavy atom. The molecule has 0 saturated carbocycles. The summed E-state index contributed by atoms with van der Waals surface area (Å²) in [5.41, 5.74) is 5.40. The maximum Gasteiger partial charge on any atom is 0.290 e. The van der Waals surface area contributed by atoms with Crippen molar-refractivity contribution in [1.29, 1.82) is 0 Å². The van der Waals surface area contributed by atoms with Crippen LogP contribution >= 0.6 is 0 Å². The molecular formula is C20H39NO4S. The summed E-state index contributed by atoms with van der Waals surface area (Å²) < 4.78 is 31.1. The lowest BCUT2D eigenvalue weighted by molar-refractivity contribution is -0.121. The van der Waals surface area contributed by atoms with Gasteiger partial charge in [0.25, 0.3) is 10.1 Å². The molecule has 0 spiro atoms. The normalized spacial score (nSPS) is 14.6. The van der Waals surface area contributed by atoms with Crippen LogP contribution in [0.1, 0.15) is 104 Å². The highest BCUT2D eigenvalue weighted by Gasteiger charge is 2.40. The Morgan fingerprint density at radius 3 is 1.77 bits per heavy atom. The zero-order valence-corrected chi connectivity index (χ0v) is 17.5. The smallest absolute Gasteiger partial charge is 0.290 e. The van der Waals surface area contributed by atoms with Gasteiger partial charge in [-0.15, -0.1) is 0 Å². The lowest BCUT2D eigenvalue weighted by atomic mass is 10.0. The summed E-state index contributed by atoms with van der Waals surface area (Å²) in [5.74, 6) is -0.627. The summed E-state index contributed by atoms with van der Waals surface area (Å²) in [6, 6.07) is 0. The second-order valence-corrected chi connectivity index (χ2v) is 9.14. The van der Waals surface area contributed by atoms with Gasteiger partial charge in [0.15, 0.2) is 10.7 Å². The van der Waals surface area contributed by atoms with E-state index >= 15 is 0 Å². The van der Waals surface area contributed by atoms with Gasteiger partial charge in [0.2, 0.25) is 0 Å². The Hall–Kier alpha value is -0.720. The lowest BCUT2D eigenvalue weighted by Crippen LogP contribution is -2.51. The van der Waals surface area contributed by atoms with Gasteiger partial charge in [0, 0.05) is 6.42 Å². The number of allylic oxidation sites excluding steroid dienone is 2. The van der Waals surface area contributed by atoms with Gasteiger partial charge in [0.1, 0.15) is 0 Å². The van der Waals surface area contributed by atoms with Crippen LogP contribution in [0, 0.1) is 0 Å². The van der Waals surface area contributed by atoms with E-state index in [9.17, 15) is 13.2 Å². The van der Waals surface area contributed by atoms with Crippen molar-refractivity contribution < 1.29 is 17.8 Å². The number of hydrogen-bond acceptors (Lipinski definition) is 4. The number of carbonyl (C=O) groups excluding carboxylic acids is 1. The maximum absolute atomic E-state index is 11.8. The molecule has 0 amide bonds. The molecule has 3 N–H and O–H groups in total. The number of carbonyl (C=O) groups is 1. The summed E-state index contributed by atoms with van der Waals surface area (Å²) in [7, 11) is -4.55. The highest BCUT2D eigenvalue weighted by molar-refractivity contribution is 7.88. The Labute approximate surface area is 160 Å². The van der Waals surface area contributed by atoms with E-state index in [1.165, 1.54) is 44.9 Å². The first-order valence-corrected chi connectivity index (χ1v) is 11.6. The molecule has 0 fully saturated rings. The first kappa shape index (κ1) is 25.3. The summed E-state index contributed by atoms with van der Waals surface area (Å²) in [6.45, 7) is 3.28. The molecule has 26 heavy (non-hydrogen) atoms. The van der Waals surface area contributed by atoms with Gasteiger partial charge in [-0.3, -0.25) is 9.35 Å². The van der Waals surface area contributed by atoms with E-state index in [2.05, 4.69) is 19.1 Å². The van der Waals surface area contributed by atoms with Crippen LogP contribution < -0.4 is 5.73 Å². The van der Waals surface area contributed by atoms with Crippen LogP contribution in [-0.4, -0.2) is 23.6 Å². The number of nitrogens with two attached hydrogens (primary N) is 1. The van der Waals surface area contributed by atoms with Gasteiger partial charge < -0.3 is 5.73 Å². The van der Waals surface area contributed by atoms with Gasteiger partial charge in [-0.05, 0) is 39.0 Å². The molecule has 0 rings (SSSR count). The molecule has 0 aromatic carbocycles. The summed E-state index contributed by atoms with van der Waals surface area (Å²) in [4.78, 5) is 9.59. The zero-order valence-electron chi connectivity index (χ0n) is 16.7. The molecule has 0 radical (unpaired) electrons. The van der Waals surface area contributed by atoms with Crippen molar-refractivity contribution in [3.63, 3.8) is 0 Å². The Bertz CT molecular complexity index is 498. The molecule has 5 nitrogen and oxygen atoms in total. The highest BCUT2D eigenvalue weighted by Crippen LogP contribution is 2.15. The molecular weight excluding hydrogens is 350 g/mol. The Kier molecular flexibility index (Phi) is 14.0. The minimum absolute atomic E-state index is 0.0882. The van der Waals surface area contributed by atoms with E-state index in [1.54, 1.807) is 0 Å². The Morgan fingerprint density at radius 2 is 1.31 bits per heavy atom. The number of rotatable bonds is 17. The molecule has 0 heterocycles. The molecule has 0 aliphatic rings. The van der Waals surface area contributed by atoms with E-state index in [1.807, 2.05) is 0 Å². The fraction of sp³-hybridized carbons (Fsp3) is 0.850. The average Bonchev–Trinajstić information content (AvgIpc) is 2.57. The number of hydrogen-bond donors (Lipinski definition) is 2. The predicted octanol–water partition coefficient (Wildman–Crippen LogP) is 5.16. The molecule has 1 unspecified atom stereocenters. The first-order chi connectivity index (χ1) is 12.2. The molecule has 6 heteroatoms. The van der Waals surface area contributed by atoms with Crippen molar-refractivity contribution in [2.24, 2.45) is 5.73 Å². The van der Waals surface area contributed by atoms with Gasteiger partial charge in [-0.25, -0.2) is 0 Å². The quantitative estimate of drug-likeness (QED) is 0.203. The van der Waals surface area contributed by atoms with Gasteiger partial charge in [0.05, 0.1) is 0 Å². The third-order valence-electron chi connectivity index (χ3n) is 4.76. The van der Waals surface area contributed by atoms with Gasteiger partial charge in [-0.2, -0.15) is 8.42 Å². The second kappa shape index (κ2) is 14.4. The monoisotopic (exact) mass is 389 g/mol. The molecule has 0 saturated heterocycles. The van der Waals surface area contributed by atoms with Gasteiger partial charge >= 0.3 is 0 Å². The van der Waals surface area contributed by atoms with E-state index in [-0.39, 0.29) is 6.42 Å². The molecule has 0 bridgehead atoms. The summed E-state index contributed by atoms with van der Waals surface area (Å²) in [5, 5.41) is 0. The van der Waals surface area contributed by atoms with Crippen LogP contribution in [0.4, 0.5) is 0 Å². The third-order valence-corrected chi connectivity index (χ3v) is 6.05. The largest absolute Gasteiger partial charge is 0.305 e. The molecule has 1 atom stereocenters.